The zero-order valence-corrected chi connectivity index (χ0v) is 15.0. The molecule has 7 heteroatoms. The van der Waals surface area contributed by atoms with E-state index in [0.717, 1.165) is 0 Å². The molecule has 0 aromatic heterocycles. The van der Waals surface area contributed by atoms with Gasteiger partial charge in [-0.1, -0.05) is 17.7 Å². The molecule has 26 heavy (non-hydrogen) atoms. The van der Waals surface area contributed by atoms with Gasteiger partial charge in [-0.3, -0.25) is 4.79 Å². The van der Waals surface area contributed by atoms with Gasteiger partial charge in [0.25, 0.3) is 5.91 Å². The SMILES string of the molecule is COc1ccc(/C(C#N)=C/c2ccc(OCC(N)=O)c(Cl)c2)cc1OC. The second-order valence-corrected chi connectivity index (χ2v) is 5.59. The van der Waals surface area contributed by atoms with Gasteiger partial charge in [-0.25, -0.2) is 0 Å². The molecule has 0 aliphatic carbocycles. The fraction of sp³-hybridized carbons (Fsp3) is 0.158. The van der Waals surface area contributed by atoms with Crippen LogP contribution in [0.4, 0.5) is 0 Å². The Bertz CT molecular complexity index is 888. The lowest BCUT2D eigenvalue weighted by molar-refractivity contribution is -0.119. The Morgan fingerprint density at radius 3 is 2.42 bits per heavy atom. The van der Waals surface area contributed by atoms with Gasteiger partial charge in [0.05, 0.1) is 30.9 Å². The topological polar surface area (TPSA) is 94.6 Å². The number of benzene rings is 2. The first-order valence-corrected chi connectivity index (χ1v) is 7.91. The number of hydrogen-bond donors (Lipinski definition) is 1. The number of hydrogen-bond acceptors (Lipinski definition) is 5. The zero-order valence-electron chi connectivity index (χ0n) is 14.3. The number of allylic oxidation sites excluding steroid dienone is 1. The predicted octanol–water partition coefficient (Wildman–Crippen LogP) is 3.29. The molecule has 0 heterocycles. The number of rotatable bonds is 7. The van der Waals surface area contributed by atoms with Crippen LogP contribution in [-0.2, 0) is 4.79 Å². The molecule has 2 aromatic carbocycles. The monoisotopic (exact) mass is 372 g/mol. The van der Waals surface area contributed by atoms with Crippen LogP contribution in [0, 0.1) is 11.3 Å². The van der Waals surface area contributed by atoms with Crippen molar-refractivity contribution < 1.29 is 19.0 Å². The number of methoxy groups -OCH3 is 2. The molecule has 0 fully saturated rings. The summed E-state index contributed by atoms with van der Waals surface area (Å²) in [4.78, 5) is 10.8. The maximum atomic E-state index is 10.8. The average Bonchev–Trinajstić information content (AvgIpc) is 2.64. The normalized spacial score (nSPS) is 10.8. The van der Waals surface area contributed by atoms with Crippen LogP contribution in [0.5, 0.6) is 17.2 Å². The van der Waals surface area contributed by atoms with Gasteiger partial charge in [0.1, 0.15) is 5.75 Å². The van der Waals surface area contributed by atoms with Crippen molar-refractivity contribution in [2.75, 3.05) is 20.8 Å². The van der Waals surface area contributed by atoms with E-state index in [4.69, 9.17) is 31.5 Å². The lowest BCUT2D eigenvalue weighted by Crippen LogP contribution is -2.20. The van der Waals surface area contributed by atoms with Crippen LogP contribution in [0.3, 0.4) is 0 Å². The summed E-state index contributed by atoms with van der Waals surface area (Å²) < 4.78 is 15.7. The predicted molar refractivity (Wildman–Crippen MR) is 99.2 cm³/mol. The van der Waals surface area contributed by atoms with Gasteiger partial charge in [0, 0.05) is 0 Å². The molecule has 0 radical (unpaired) electrons. The van der Waals surface area contributed by atoms with Crippen LogP contribution in [0.15, 0.2) is 36.4 Å². The minimum atomic E-state index is -0.592. The largest absolute Gasteiger partial charge is 0.493 e. The van der Waals surface area contributed by atoms with E-state index >= 15 is 0 Å². The Hall–Kier alpha value is -3.17. The Morgan fingerprint density at radius 2 is 1.85 bits per heavy atom. The minimum absolute atomic E-state index is 0.260. The summed E-state index contributed by atoms with van der Waals surface area (Å²) in [5.74, 6) is 0.851. The molecular weight excluding hydrogens is 356 g/mol. The summed E-state index contributed by atoms with van der Waals surface area (Å²) >= 11 is 6.15. The van der Waals surface area contributed by atoms with Crippen LogP contribution in [0.2, 0.25) is 5.02 Å². The molecule has 6 nitrogen and oxygen atoms in total. The van der Waals surface area contributed by atoms with E-state index in [1.165, 1.54) is 7.11 Å². The van der Waals surface area contributed by atoms with Crippen LogP contribution in [-0.4, -0.2) is 26.7 Å². The third-order valence-electron chi connectivity index (χ3n) is 3.45. The number of halogens is 1. The lowest BCUT2D eigenvalue weighted by atomic mass is 10.0. The van der Waals surface area contributed by atoms with E-state index in [2.05, 4.69) is 6.07 Å². The molecule has 0 atom stereocenters. The minimum Gasteiger partial charge on any atom is -0.493 e. The summed E-state index contributed by atoms with van der Waals surface area (Å²) in [7, 11) is 3.07. The highest BCUT2D eigenvalue weighted by atomic mass is 35.5. The number of ether oxygens (including phenoxy) is 3. The average molecular weight is 373 g/mol. The van der Waals surface area contributed by atoms with Gasteiger partial charge in [0.15, 0.2) is 18.1 Å². The zero-order chi connectivity index (χ0) is 19.1. The van der Waals surface area contributed by atoms with E-state index < -0.39 is 5.91 Å². The van der Waals surface area contributed by atoms with Crippen molar-refractivity contribution in [3.63, 3.8) is 0 Å². The lowest BCUT2D eigenvalue weighted by Gasteiger charge is -2.09. The second-order valence-electron chi connectivity index (χ2n) is 5.18. The molecule has 0 unspecified atom stereocenters. The molecule has 0 spiro atoms. The van der Waals surface area contributed by atoms with E-state index in [-0.39, 0.29) is 6.61 Å². The molecule has 134 valence electrons. The summed E-state index contributed by atoms with van der Waals surface area (Å²) in [6.45, 7) is -0.260. The van der Waals surface area contributed by atoms with E-state index in [9.17, 15) is 10.1 Å². The van der Waals surface area contributed by atoms with Gasteiger partial charge in [-0.05, 0) is 47.5 Å². The second kappa shape index (κ2) is 8.79. The molecule has 0 saturated carbocycles. The van der Waals surface area contributed by atoms with Crippen LogP contribution in [0.1, 0.15) is 11.1 Å². The quantitative estimate of drug-likeness (QED) is 0.594. The Kier molecular flexibility index (Phi) is 6.48. The number of carbonyl (C=O) groups is 1. The van der Waals surface area contributed by atoms with E-state index in [0.29, 0.717) is 39.0 Å². The molecule has 2 N–H and O–H groups in total. The first-order valence-electron chi connectivity index (χ1n) is 7.53. The van der Waals surface area contributed by atoms with Crippen molar-refractivity contribution in [1.82, 2.24) is 0 Å². The van der Waals surface area contributed by atoms with Crippen molar-refractivity contribution in [3.05, 3.63) is 52.5 Å². The van der Waals surface area contributed by atoms with Gasteiger partial charge < -0.3 is 19.9 Å². The summed E-state index contributed by atoms with van der Waals surface area (Å²) in [5.41, 5.74) is 6.84. The molecule has 1 amide bonds. The molecule has 0 saturated heterocycles. The molecule has 0 aliphatic heterocycles. The Labute approximate surface area is 156 Å². The molecule has 0 aliphatic rings. The highest BCUT2D eigenvalue weighted by molar-refractivity contribution is 6.32. The number of carbonyl (C=O) groups excluding carboxylic acids is 1. The molecular formula is C19H17ClN2O4. The molecule has 2 aromatic rings. The number of nitrogens with zero attached hydrogens (tertiary/aromatic N) is 1. The van der Waals surface area contributed by atoms with Crippen molar-refractivity contribution in [1.29, 1.82) is 5.26 Å². The number of nitrogens with two attached hydrogens (primary N) is 1. The van der Waals surface area contributed by atoms with Gasteiger partial charge >= 0.3 is 0 Å². The van der Waals surface area contributed by atoms with Crippen molar-refractivity contribution >= 4 is 29.2 Å². The number of primary amides is 1. The summed E-state index contributed by atoms with van der Waals surface area (Å²) in [6.07, 6.45) is 1.69. The van der Waals surface area contributed by atoms with Crippen molar-refractivity contribution in [2.45, 2.75) is 0 Å². The molecule has 0 bridgehead atoms. The standard InChI is InChI=1S/C19H17ClN2O4/c1-24-17-6-4-13(9-18(17)25-2)14(10-21)7-12-3-5-16(15(20)8-12)26-11-19(22)23/h3-9H,11H2,1-2H3,(H2,22,23)/b14-7+. The van der Waals surface area contributed by atoms with Crippen LogP contribution >= 0.6 is 11.6 Å². The maximum absolute atomic E-state index is 10.8. The van der Waals surface area contributed by atoms with E-state index in [1.807, 2.05) is 0 Å². The van der Waals surface area contributed by atoms with Gasteiger partial charge in [0.2, 0.25) is 0 Å². The fourth-order valence-electron chi connectivity index (χ4n) is 2.22. The summed E-state index contributed by atoms with van der Waals surface area (Å²) in [6, 6.07) is 12.3. The first kappa shape index (κ1) is 19.2. The smallest absolute Gasteiger partial charge is 0.255 e. The fourth-order valence-corrected chi connectivity index (χ4v) is 2.47. The Morgan fingerprint density at radius 1 is 1.15 bits per heavy atom. The highest BCUT2D eigenvalue weighted by Crippen LogP contribution is 2.32. The molecule has 2 rings (SSSR count). The highest BCUT2D eigenvalue weighted by Gasteiger charge is 2.09. The Balaban J connectivity index is 2.33. The third-order valence-corrected chi connectivity index (χ3v) is 3.75. The van der Waals surface area contributed by atoms with Crippen molar-refractivity contribution in [2.24, 2.45) is 5.73 Å². The third kappa shape index (κ3) is 4.68. The summed E-state index contributed by atoms with van der Waals surface area (Å²) in [5, 5.41) is 9.81. The van der Waals surface area contributed by atoms with Gasteiger partial charge in [-0.2, -0.15) is 5.26 Å². The van der Waals surface area contributed by atoms with Crippen LogP contribution in [0.25, 0.3) is 11.6 Å². The van der Waals surface area contributed by atoms with Crippen LogP contribution < -0.4 is 19.9 Å². The van der Waals surface area contributed by atoms with Gasteiger partial charge in [-0.15, -0.1) is 0 Å². The number of nitriles is 1. The first-order chi connectivity index (χ1) is 12.5. The van der Waals surface area contributed by atoms with E-state index in [1.54, 1.807) is 49.6 Å². The number of amides is 1. The maximum Gasteiger partial charge on any atom is 0.255 e. The van der Waals surface area contributed by atoms with Crippen molar-refractivity contribution in [3.8, 4) is 23.3 Å².